The van der Waals surface area contributed by atoms with Crippen LogP contribution in [0.1, 0.15) is 47.7 Å². The van der Waals surface area contributed by atoms with Gasteiger partial charge in [0, 0.05) is 6.54 Å². The number of aromatic nitrogens is 2. The van der Waals surface area contributed by atoms with Gasteiger partial charge in [0.05, 0.1) is 17.2 Å². The van der Waals surface area contributed by atoms with Gasteiger partial charge in [0.1, 0.15) is 11.5 Å². The number of piperidine rings is 1. The van der Waals surface area contributed by atoms with Crippen molar-refractivity contribution in [2.75, 3.05) is 6.54 Å². The zero-order valence-electron chi connectivity index (χ0n) is 13.0. The number of hydrogen-bond acceptors (Lipinski definition) is 5. The van der Waals surface area contributed by atoms with E-state index in [1.165, 1.54) is 6.92 Å². The van der Waals surface area contributed by atoms with E-state index in [1.807, 2.05) is 6.07 Å². The molecule has 1 amide bonds. The largest absolute Gasteiger partial charge is 0.467 e. The van der Waals surface area contributed by atoms with E-state index in [2.05, 4.69) is 17.1 Å². The third-order valence-corrected chi connectivity index (χ3v) is 4.30. The molecule has 23 heavy (non-hydrogen) atoms. The maximum Gasteiger partial charge on any atom is 0.322 e. The van der Waals surface area contributed by atoms with Crippen LogP contribution in [-0.2, 0) is 0 Å². The smallest absolute Gasteiger partial charge is 0.322 e. The third kappa shape index (κ3) is 2.71. The molecule has 1 aliphatic heterocycles. The molecule has 1 N–H and O–H groups in total. The van der Waals surface area contributed by atoms with E-state index in [0.29, 0.717) is 18.2 Å². The third-order valence-electron chi connectivity index (χ3n) is 4.30. The zero-order valence-corrected chi connectivity index (χ0v) is 13.0. The quantitative estimate of drug-likeness (QED) is 0.692. The minimum absolute atomic E-state index is 0.140. The summed E-state index contributed by atoms with van der Waals surface area (Å²) in [6, 6.07) is 3.38. The summed E-state index contributed by atoms with van der Waals surface area (Å²) < 4.78 is 5.46. The predicted molar refractivity (Wildman–Crippen MR) is 80.9 cm³/mol. The lowest BCUT2D eigenvalue weighted by atomic mass is 9.90. The molecule has 2 atom stereocenters. The summed E-state index contributed by atoms with van der Waals surface area (Å²) in [4.78, 5) is 25.1. The highest BCUT2D eigenvalue weighted by atomic mass is 16.6. The minimum Gasteiger partial charge on any atom is -0.467 e. The van der Waals surface area contributed by atoms with Crippen molar-refractivity contribution >= 4 is 11.6 Å². The Morgan fingerprint density at radius 2 is 2.35 bits per heavy atom. The molecule has 0 aromatic carbocycles. The summed E-state index contributed by atoms with van der Waals surface area (Å²) in [6.07, 6.45) is 3.18. The standard InChI is InChI=1S/C15H18N4O4/c1-9-5-6-18(11(8-9)12-4-3-7-23-12)15(20)13-14(19(21)22)10(2)16-17-13/h3-4,7,9,11H,5-6,8H2,1-2H3,(H,16,17). The van der Waals surface area contributed by atoms with E-state index in [4.69, 9.17) is 4.42 Å². The molecule has 2 unspecified atom stereocenters. The Hall–Kier alpha value is -2.64. The van der Waals surface area contributed by atoms with E-state index in [-0.39, 0.29) is 23.1 Å². The highest BCUT2D eigenvalue weighted by molar-refractivity contribution is 5.96. The van der Waals surface area contributed by atoms with Gasteiger partial charge in [-0.15, -0.1) is 0 Å². The molecule has 1 saturated heterocycles. The number of hydrogen-bond donors (Lipinski definition) is 1. The number of amides is 1. The molecule has 3 rings (SSSR count). The second-order valence-electron chi connectivity index (χ2n) is 5.96. The Bertz CT molecular complexity index is 722. The second kappa shape index (κ2) is 5.86. The monoisotopic (exact) mass is 318 g/mol. The summed E-state index contributed by atoms with van der Waals surface area (Å²) in [5.41, 5.74) is -0.122. The fourth-order valence-corrected chi connectivity index (χ4v) is 3.07. The number of likely N-dealkylation sites (tertiary alicyclic amines) is 1. The summed E-state index contributed by atoms with van der Waals surface area (Å²) in [6.45, 7) is 4.18. The number of aromatic amines is 1. The van der Waals surface area contributed by atoms with Crippen LogP contribution in [-0.4, -0.2) is 32.5 Å². The number of nitrogens with one attached hydrogen (secondary N) is 1. The number of rotatable bonds is 3. The van der Waals surface area contributed by atoms with E-state index >= 15 is 0 Å². The van der Waals surface area contributed by atoms with Crippen LogP contribution in [0.15, 0.2) is 22.8 Å². The van der Waals surface area contributed by atoms with E-state index in [1.54, 1.807) is 17.2 Å². The van der Waals surface area contributed by atoms with Gasteiger partial charge in [-0.3, -0.25) is 20.0 Å². The Balaban J connectivity index is 1.95. The first-order valence-corrected chi connectivity index (χ1v) is 7.52. The molecular weight excluding hydrogens is 300 g/mol. The van der Waals surface area contributed by atoms with Crippen molar-refractivity contribution < 1.29 is 14.1 Å². The van der Waals surface area contributed by atoms with Gasteiger partial charge < -0.3 is 9.32 Å². The van der Waals surface area contributed by atoms with Crippen LogP contribution in [0.4, 0.5) is 5.69 Å². The van der Waals surface area contributed by atoms with Gasteiger partial charge in [0.2, 0.25) is 5.69 Å². The van der Waals surface area contributed by atoms with Crippen molar-refractivity contribution in [1.82, 2.24) is 15.1 Å². The van der Waals surface area contributed by atoms with Crippen molar-refractivity contribution in [3.63, 3.8) is 0 Å². The first kappa shape index (κ1) is 15.3. The Labute approximate surface area is 132 Å². The van der Waals surface area contributed by atoms with Gasteiger partial charge in [-0.1, -0.05) is 6.92 Å². The SMILES string of the molecule is Cc1[nH]nc(C(=O)N2CCC(C)CC2c2ccco2)c1[N+](=O)[O-]. The van der Waals surface area contributed by atoms with E-state index in [9.17, 15) is 14.9 Å². The van der Waals surface area contributed by atoms with Crippen molar-refractivity contribution in [2.45, 2.75) is 32.7 Å². The first-order valence-electron chi connectivity index (χ1n) is 7.52. The zero-order chi connectivity index (χ0) is 16.6. The maximum atomic E-state index is 12.8. The van der Waals surface area contributed by atoms with Crippen molar-refractivity contribution in [2.24, 2.45) is 5.92 Å². The number of nitro groups is 1. The number of nitrogens with zero attached hydrogens (tertiary/aromatic N) is 3. The highest BCUT2D eigenvalue weighted by Crippen LogP contribution is 2.36. The summed E-state index contributed by atoms with van der Waals surface area (Å²) in [5.74, 6) is 0.708. The fraction of sp³-hybridized carbons (Fsp3) is 0.467. The average Bonchev–Trinajstić information content (AvgIpc) is 3.15. The Kier molecular flexibility index (Phi) is 3.89. The number of carbonyl (C=O) groups excluding carboxylic acids is 1. The minimum atomic E-state index is -0.569. The number of furan rings is 1. The molecular formula is C15H18N4O4. The molecule has 0 radical (unpaired) electrons. The first-order chi connectivity index (χ1) is 11.0. The molecule has 1 fully saturated rings. The fourth-order valence-electron chi connectivity index (χ4n) is 3.07. The van der Waals surface area contributed by atoms with Gasteiger partial charge in [0.25, 0.3) is 5.91 Å². The van der Waals surface area contributed by atoms with Crippen LogP contribution < -0.4 is 0 Å². The van der Waals surface area contributed by atoms with Crippen molar-refractivity contribution in [3.8, 4) is 0 Å². The van der Waals surface area contributed by atoms with Crippen LogP contribution in [0, 0.1) is 23.0 Å². The lowest BCUT2D eigenvalue weighted by Crippen LogP contribution is -2.40. The molecule has 0 saturated carbocycles. The number of aryl methyl sites for hydroxylation is 1. The highest BCUT2D eigenvalue weighted by Gasteiger charge is 2.37. The normalized spacial score (nSPS) is 21.4. The number of H-pyrrole nitrogens is 1. The summed E-state index contributed by atoms with van der Waals surface area (Å²) in [7, 11) is 0. The van der Waals surface area contributed by atoms with Crippen LogP contribution in [0.2, 0.25) is 0 Å². The molecule has 2 aromatic rings. The predicted octanol–water partition coefficient (Wildman–Crippen LogP) is 2.83. The van der Waals surface area contributed by atoms with E-state index in [0.717, 1.165) is 12.8 Å². The van der Waals surface area contributed by atoms with Crippen molar-refractivity contribution in [1.29, 1.82) is 0 Å². The molecule has 122 valence electrons. The molecule has 0 spiro atoms. The Morgan fingerprint density at radius 1 is 1.57 bits per heavy atom. The lowest BCUT2D eigenvalue weighted by molar-refractivity contribution is -0.385. The molecule has 0 bridgehead atoms. The molecule has 1 aliphatic rings. The maximum absolute atomic E-state index is 12.8. The molecule has 8 heteroatoms. The molecule has 3 heterocycles. The Morgan fingerprint density at radius 3 is 3.00 bits per heavy atom. The van der Waals surface area contributed by atoms with Crippen LogP contribution in [0.5, 0.6) is 0 Å². The van der Waals surface area contributed by atoms with E-state index < -0.39 is 10.8 Å². The van der Waals surface area contributed by atoms with Gasteiger partial charge in [-0.2, -0.15) is 5.10 Å². The van der Waals surface area contributed by atoms with Crippen LogP contribution in [0.3, 0.4) is 0 Å². The topological polar surface area (TPSA) is 105 Å². The van der Waals surface area contributed by atoms with Crippen molar-refractivity contribution in [3.05, 3.63) is 45.7 Å². The summed E-state index contributed by atoms with van der Waals surface area (Å²) >= 11 is 0. The molecule has 2 aromatic heterocycles. The van der Waals surface area contributed by atoms with Gasteiger partial charge >= 0.3 is 5.69 Å². The second-order valence-corrected chi connectivity index (χ2v) is 5.96. The summed E-state index contributed by atoms with van der Waals surface area (Å²) in [5, 5.41) is 17.6. The molecule has 0 aliphatic carbocycles. The van der Waals surface area contributed by atoms with Crippen LogP contribution in [0.25, 0.3) is 0 Å². The average molecular weight is 318 g/mol. The molecule has 8 nitrogen and oxygen atoms in total. The number of carbonyl (C=O) groups is 1. The lowest BCUT2D eigenvalue weighted by Gasteiger charge is -2.36. The van der Waals surface area contributed by atoms with Gasteiger partial charge in [-0.05, 0) is 37.8 Å². The van der Waals surface area contributed by atoms with Gasteiger partial charge in [-0.25, -0.2) is 0 Å². The van der Waals surface area contributed by atoms with Gasteiger partial charge in [0.15, 0.2) is 0 Å². The van der Waals surface area contributed by atoms with Crippen LogP contribution >= 0.6 is 0 Å².